The summed E-state index contributed by atoms with van der Waals surface area (Å²) in [5, 5.41) is 0. The zero-order valence-corrected chi connectivity index (χ0v) is 19.9. The van der Waals surface area contributed by atoms with Gasteiger partial charge in [-0.1, -0.05) is 32.1 Å². The van der Waals surface area contributed by atoms with E-state index in [1.54, 1.807) is 0 Å². The molecule has 2 unspecified atom stereocenters. The smallest absolute Gasteiger partial charge is 0.421 e. The zero-order chi connectivity index (χ0) is 19.3. The van der Waals surface area contributed by atoms with Gasteiger partial charge in [0.2, 0.25) is 0 Å². The minimum atomic E-state index is -2.76. The zero-order valence-electron chi connectivity index (χ0n) is 16.0. The molecule has 1 heterocycles. The first-order chi connectivity index (χ1) is 12.5. The van der Waals surface area contributed by atoms with Crippen molar-refractivity contribution in [3.63, 3.8) is 0 Å². The van der Waals surface area contributed by atoms with Crippen LogP contribution in [0.15, 0.2) is 23.9 Å². The maximum Gasteiger partial charge on any atom is 0.529 e. The Kier molecular flexibility index (Phi) is 13.4. The molecule has 0 spiro atoms. The fourth-order valence-corrected chi connectivity index (χ4v) is 6.53. The third kappa shape index (κ3) is 10.0. The van der Waals surface area contributed by atoms with E-state index in [4.69, 9.17) is 45.6 Å². The van der Waals surface area contributed by atoms with Gasteiger partial charge in [-0.25, -0.2) is 0 Å². The Labute approximate surface area is 171 Å². The third-order valence-electron chi connectivity index (χ3n) is 3.62. The molecule has 0 bridgehead atoms. The maximum atomic E-state index is 6.07. The molecule has 0 aromatic carbocycles. The van der Waals surface area contributed by atoms with Crippen LogP contribution in [-0.2, 0) is 22.4 Å². The summed E-state index contributed by atoms with van der Waals surface area (Å²) in [7, 11) is -3.59. The average molecular weight is 444 g/mol. The van der Waals surface area contributed by atoms with Crippen molar-refractivity contribution in [3.8, 4) is 0 Å². The van der Waals surface area contributed by atoms with Crippen LogP contribution < -0.4 is 0 Å². The highest BCUT2D eigenvalue weighted by molar-refractivity contribution is 6.66. The van der Waals surface area contributed by atoms with E-state index < -0.39 is 18.6 Å². The van der Waals surface area contributed by atoms with Crippen LogP contribution in [0, 0.1) is 11.8 Å². The Bertz CT molecular complexity index is 418. The highest BCUT2D eigenvalue weighted by atomic mass is 35.5. The lowest BCUT2D eigenvalue weighted by atomic mass is 10.2. The molecule has 0 aromatic rings. The first kappa shape index (κ1) is 24.3. The van der Waals surface area contributed by atoms with E-state index in [0.717, 1.165) is 0 Å². The number of allylic oxidation sites excluding steroid dienone is 2. The maximum absolute atomic E-state index is 6.07. The second-order valence-electron chi connectivity index (χ2n) is 6.42. The first-order valence-corrected chi connectivity index (χ1v) is 13.4. The van der Waals surface area contributed by atoms with Crippen molar-refractivity contribution in [3.05, 3.63) is 23.9 Å². The van der Waals surface area contributed by atoms with E-state index in [0.29, 0.717) is 50.7 Å². The topological polar surface area (TPSA) is 46.2 Å². The van der Waals surface area contributed by atoms with Gasteiger partial charge in [0.1, 0.15) is 0 Å². The monoisotopic (exact) mass is 442 g/mol. The van der Waals surface area contributed by atoms with E-state index in [1.807, 2.05) is 30.9 Å². The van der Waals surface area contributed by atoms with Gasteiger partial charge in [0.25, 0.3) is 0 Å². The highest BCUT2D eigenvalue weighted by Gasteiger charge is 2.42. The van der Waals surface area contributed by atoms with Crippen LogP contribution in [0.1, 0.15) is 20.8 Å². The second-order valence-corrected chi connectivity index (χ2v) is 11.0. The molecule has 0 saturated carbocycles. The molecule has 0 aromatic heterocycles. The molecular formula is C17H32Cl2O5Si2. The molecule has 2 atom stereocenters. The van der Waals surface area contributed by atoms with Crippen LogP contribution in [-0.4, -0.2) is 69.1 Å². The SMILES string of the molecule is CCOC(/C=C/CCl)[SiH2]OCC(C)CO[Si]1(/C=C/CCl)OCC(C)CO1. The van der Waals surface area contributed by atoms with Crippen LogP contribution in [0.3, 0.4) is 0 Å². The van der Waals surface area contributed by atoms with E-state index in [9.17, 15) is 0 Å². The molecular weight excluding hydrogens is 411 g/mol. The van der Waals surface area contributed by atoms with E-state index in [2.05, 4.69) is 13.8 Å². The quantitative estimate of drug-likeness (QED) is 0.249. The van der Waals surface area contributed by atoms with Crippen molar-refractivity contribution >= 4 is 41.8 Å². The van der Waals surface area contributed by atoms with E-state index >= 15 is 0 Å². The van der Waals surface area contributed by atoms with Gasteiger partial charge in [0.15, 0.2) is 9.76 Å². The summed E-state index contributed by atoms with van der Waals surface area (Å²) in [5.74, 6) is 1.52. The molecule has 152 valence electrons. The highest BCUT2D eigenvalue weighted by Crippen LogP contribution is 2.21. The molecule has 1 aliphatic rings. The number of hydrogen-bond donors (Lipinski definition) is 0. The summed E-state index contributed by atoms with van der Waals surface area (Å²) < 4.78 is 29.5. The Morgan fingerprint density at radius 2 is 1.88 bits per heavy atom. The van der Waals surface area contributed by atoms with Gasteiger partial charge < -0.3 is 22.4 Å². The Balaban J connectivity index is 2.39. The normalized spacial score (nSPS) is 27.0. The number of rotatable bonds is 13. The minimum absolute atomic E-state index is 0.0609. The Morgan fingerprint density at radius 3 is 2.50 bits per heavy atom. The van der Waals surface area contributed by atoms with Crippen LogP contribution in [0.4, 0.5) is 0 Å². The lowest BCUT2D eigenvalue weighted by molar-refractivity contribution is -0.00302. The van der Waals surface area contributed by atoms with Gasteiger partial charge in [-0.05, 0) is 12.6 Å². The lowest BCUT2D eigenvalue weighted by Crippen LogP contribution is -2.51. The van der Waals surface area contributed by atoms with Gasteiger partial charge >= 0.3 is 8.80 Å². The molecule has 1 fully saturated rings. The fourth-order valence-electron chi connectivity index (χ4n) is 2.29. The molecule has 9 heteroatoms. The standard InChI is InChI=1S/C17H32Cl2O5Si2/c1-4-20-17(7-5-8-18)25-21-11-15(2)12-22-26(10-6-9-19)23-13-16(3)14-24-26/h5-7,10,15-17H,4,8-9,11-14,25H2,1-3H3/b7-5+,10-6+. The van der Waals surface area contributed by atoms with Crippen LogP contribution in [0.5, 0.6) is 0 Å². The summed E-state index contributed by atoms with van der Waals surface area (Å²) in [6.45, 7) is 9.30. The minimum Gasteiger partial charge on any atom is -0.421 e. The Hall–Kier alpha value is 0.294. The van der Waals surface area contributed by atoms with Gasteiger partial charge in [0, 0.05) is 56.6 Å². The first-order valence-electron chi connectivity index (χ1n) is 9.12. The molecule has 1 saturated heterocycles. The Morgan fingerprint density at radius 1 is 1.19 bits per heavy atom. The number of hydrogen-bond acceptors (Lipinski definition) is 5. The van der Waals surface area contributed by atoms with Crippen molar-refractivity contribution in [2.75, 3.05) is 44.8 Å². The van der Waals surface area contributed by atoms with Crippen LogP contribution >= 0.6 is 23.2 Å². The summed E-state index contributed by atoms with van der Waals surface area (Å²) in [4.78, 5) is 0. The predicted octanol–water partition coefficient (Wildman–Crippen LogP) is 2.85. The summed E-state index contributed by atoms with van der Waals surface area (Å²) in [6, 6.07) is 0. The summed E-state index contributed by atoms with van der Waals surface area (Å²) in [6.07, 6.45) is 5.74. The van der Waals surface area contributed by atoms with Crippen molar-refractivity contribution in [2.45, 2.75) is 26.5 Å². The molecule has 0 N–H and O–H groups in total. The summed E-state index contributed by atoms with van der Waals surface area (Å²) in [5.41, 5.74) is 1.95. The summed E-state index contributed by atoms with van der Waals surface area (Å²) >= 11 is 11.4. The number of halogens is 2. The van der Waals surface area contributed by atoms with E-state index in [1.165, 1.54) is 0 Å². The molecule has 1 rings (SSSR count). The van der Waals surface area contributed by atoms with Gasteiger partial charge in [-0.2, -0.15) is 0 Å². The molecule has 1 aliphatic heterocycles. The van der Waals surface area contributed by atoms with Crippen LogP contribution in [0.2, 0.25) is 0 Å². The molecule has 0 radical (unpaired) electrons. The molecule has 0 aliphatic carbocycles. The van der Waals surface area contributed by atoms with Gasteiger partial charge in [0.05, 0.1) is 5.73 Å². The predicted molar refractivity (Wildman–Crippen MR) is 112 cm³/mol. The largest absolute Gasteiger partial charge is 0.529 e. The fraction of sp³-hybridized carbons (Fsp3) is 0.765. The second kappa shape index (κ2) is 14.3. The number of alkyl halides is 2. The van der Waals surface area contributed by atoms with Gasteiger partial charge in [-0.3, -0.25) is 0 Å². The van der Waals surface area contributed by atoms with Gasteiger partial charge in [-0.15, -0.1) is 23.2 Å². The lowest BCUT2D eigenvalue weighted by Gasteiger charge is -2.34. The molecule has 0 amide bonds. The average Bonchev–Trinajstić information content (AvgIpc) is 2.65. The number of ether oxygens (including phenoxy) is 1. The van der Waals surface area contributed by atoms with Crippen molar-refractivity contribution < 1.29 is 22.4 Å². The van der Waals surface area contributed by atoms with Crippen molar-refractivity contribution in [1.29, 1.82) is 0 Å². The third-order valence-corrected chi connectivity index (χ3v) is 7.64. The van der Waals surface area contributed by atoms with Crippen LogP contribution in [0.25, 0.3) is 0 Å². The van der Waals surface area contributed by atoms with E-state index in [-0.39, 0.29) is 11.6 Å². The van der Waals surface area contributed by atoms with Crippen molar-refractivity contribution in [1.82, 2.24) is 0 Å². The molecule has 5 nitrogen and oxygen atoms in total. The molecule has 26 heavy (non-hydrogen) atoms. The van der Waals surface area contributed by atoms with Crippen molar-refractivity contribution in [2.24, 2.45) is 11.8 Å².